The molecule has 0 bridgehead atoms. The standard InChI is InChI=1S/C21H19FN2.ClH/c1-24(2)20-13-18-15-8-4-3-7-14(15)11-12-16(18)21(23-20)17-9-5-6-10-19(17)22;/h3-12,21H,13H2,1-2H3;1H. The molecule has 25 heavy (non-hydrogen) atoms. The number of aliphatic imine (C=N–C) groups is 1. The lowest BCUT2D eigenvalue weighted by Crippen LogP contribution is -2.29. The fourth-order valence-electron chi connectivity index (χ4n) is 3.44. The average Bonchev–Trinajstić information content (AvgIpc) is 2.61. The number of rotatable bonds is 1. The van der Waals surface area contributed by atoms with Gasteiger partial charge in [-0.3, -0.25) is 4.99 Å². The first-order valence-electron chi connectivity index (χ1n) is 8.14. The van der Waals surface area contributed by atoms with Crippen LogP contribution in [0, 0.1) is 5.82 Å². The largest absolute Gasteiger partial charge is 0.366 e. The molecule has 1 aliphatic heterocycles. The molecule has 0 N–H and O–H groups in total. The van der Waals surface area contributed by atoms with E-state index >= 15 is 0 Å². The Morgan fingerprint density at radius 2 is 1.64 bits per heavy atom. The highest BCUT2D eigenvalue weighted by Crippen LogP contribution is 2.37. The highest BCUT2D eigenvalue weighted by Gasteiger charge is 2.27. The van der Waals surface area contributed by atoms with Crippen molar-refractivity contribution in [3.63, 3.8) is 0 Å². The van der Waals surface area contributed by atoms with Gasteiger partial charge in [-0.15, -0.1) is 12.4 Å². The van der Waals surface area contributed by atoms with Crippen LogP contribution in [-0.4, -0.2) is 24.8 Å². The fraction of sp³-hybridized carbons (Fsp3) is 0.190. The molecule has 3 aromatic carbocycles. The van der Waals surface area contributed by atoms with Crippen molar-refractivity contribution >= 4 is 29.0 Å². The maximum atomic E-state index is 14.4. The molecular weight excluding hydrogens is 335 g/mol. The van der Waals surface area contributed by atoms with Crippen LogP contribution in [0.1, 0.15) is 22.7 Å². The Hall–Kier alpha value is -2.39. The average molecular weight is 355 g/mol. The van der Waals surface area contributed by atoms with E-state index in [2.05, 4.69) is 30.3 Å². The van der Waals surface area contributed by atoms with E-state index in [0.29, 0.717) is 5.56 Å². The number of benzene rings is 3. The highest BCUT2D eigenvalue weighted by molar-refractivity contribution is 5.95. The molecule has 1 heterocycles. The zero-order chi connectivity index (χ0) is 16.7. The summed E-state index contributed by atoms with van der Waals surface area (Å²) in [6.45, 7) is 0. The van der Waals surface area contributed by atoms with Gasteiger partial charge in [0.05, 0.1) is 0 Å². The zero-order valence-electron chi connectivity index (χ0n) is 14.2. The van der Waals surface area contributed by atoms with Crippen molar-refractivity contribution in [2.24, 2.45) is 4.99 Å². The number of likely N-dealkylation sites (N-methyl/N-ethyl adjacent to an activating group) is 1. The van der Waals surface area contributed by atoms with E-state index in [9.17, 15) is 4.39 Å². The topological polar surface area (TPSA) is 15.6 Å². The molecule has 0 saturated heterocycles. The molecule has 4 heteroatoms. The molecule has 1 atom stereocenters. The molecule has 0 aliphatic carbocycles. The lowest BCUT2D eigenvalue weighted by atomic mass is 9.87. The lowest BCUT2D eigenvalue weighted by molar-refractivity contribution is 0.575. The predicted molar refractivity (Wildman–Crippen MR) is 104 cm³/mol. The van der Waals surface area contributed by atoms with Gasteiger partial charge >= 0.3 is 0 Å². The van der Waals surface area contributed by atoms with Crippen LogP contribution in [0.3, 0.4) is 0 Å². The molecule has 0 amide bonds. The van der Waals surface area contributed by atoms with Crippen molar-refractivity contribution in [1.29, 1.82) is 0 Å². The Morgan fingerprint density at radius 3 is 2.40 bits per heavy atom. The molecule has 128 valence electrons. The van der Waals surface area contributed by atoms with Crippen LogP contribution in [-0.2, 0) is 6.42 Å². The minimum Gasteiger partial charge on any atom is -0.366 e. The number of hydrogen-bond acceptors (Lipinski definition) is 2. The van der Waals surface area contributed by atoms with Gasteiger partial charge in [-0.25, -0.2) is 4.39 Å². The van der Waals surface area contributed by atoms with Crippen molar-refractivity contribution in [3.05, 3.63) is 83.2 Å². The van der Waals surface area contributed by atoms with Gasteiger partial charge < -0.3 is 4.90 Å². The van der Waals surface area contributed by atoms with Crippen LogP contribution in [0.25, 0.3) is 10.8 Å². The van der Waals surface area contributed by atoms with Crippen LogP contribution in [0.15, 0.2) is 65.7 Å². The summed E-state index contributed by atoms with van der Waals surface area (Å²) >= 11 is 0. The second-order valence-corrected chi connectivity index (χ2v) is 6.40. The van der Waals surface area contributed by atoms with Crippen molar-refractivity contribution in [1.82, 2.24) is 4.90 Å². The summed E-state index contributed by atoms with van der Waals surface area (Å²) in [6, 6.07) is 19.2. The first kappa shape index (κ1) is 17.4. The summed E-state index contributed by atoms with van der Waals surface area (Å²) in [7, 11) is 3.99. The van der Waals surface area contributed by atoms with Crippen LogP contribution in [0.2, 0.25) is 0 Å². The smallest absolute Gasteiger partial charge is 0.128 e. The third-order valence-corrected chi connectivity index (χ3v) is 4.70. The van der Waals surface area contributed by atoms with Crippen LogP contribution in [0.4, 0.5) is 4.39 Å². The summed E-state index contributed by atoms with van der Waals surface area (Å²) in [5, 5.41) is 2.44. The molecule has 0 saturated carbocycles. The van der Waals surface area contributed by atoms with Crippen LogP contribution < -0.4 is 0 Å². The van der Waals surface area contributed by atoms with Gasteiger partial charge in [-0.05, 0) is 28.0 Å². The molecular formula is C21H20ClFN2. The Morgan fingerprint density at radius 1 is 0.920 bits per heavy atom. The van der Waals surface area contributed by atoms with Crippen molar-refractivity contribution in [2.75, 3.05) is 14.1 Å². The first-order valence-corrected chi connectivity index (χ1v) is 8.14. The Balaban J connectivity index is 0.00000182. The molecule has 2 nitrogen and oxygen atoms in total. The number of halogens is 2. The molecule has 0 aromatic heterocycles. The van der Waals surface area contributed by atoms with Crippen molar-refractivity contribution in [2.45, 2.75) is 12.5 Å². The lowest BCUT2D eigenvalue weighted by Gasteiger charge is -2.29. The predicted octanol–water partition coefficient (Wildman–Crippen LogP) is 5.01. The molecule has 0 spiro atoms. The van der Waals surface area contributed by atoms with Gasteiger partial charge in [-0.2, -0.15) is 0 Å². The zero-order valence-corrected chi connectivity index (χ0v) is 15.1. The van der Waals surface area contributed by atoms with E-state index in [4.69, 9.17) is 4.99 Å². The molecule has 0 radical (unpaired) electrons. The monoisotopic (exact) mass is 354 g/mol. The van der Waals surface area contributed by atoms with Gasteiger partial charge in [0.1, 0.15) is 17.7 Å². The quantitative estimate of drug-likeness (QED) is 0.600. The molecule has 0 fully saturated rings. The molecule has 1 unspecified atom stereocenters. The second kappa shape index (κ2) is 6.85. The summed E-state index contributed by atoms with van der Waals surface area (Å²) in [6.07, 6.45) is 0.772. The van der Waals surface area contributed by atoms with E-state index < -0.39 is 0 Å². The number of fused-ring (bicyclic) bond motifs is 3. The van der Waals surface area contributed by atoms with Gasteiger partial charge in [-0.1, -0.05) is 54.6 Å². The third kappa shape index (κ3) is 3.00. The van der Waals surface area contributed by atoms with Gasteiger partial charge in [0.15, 0.2) is 0 Å². The summed E-state index contributed by atoms with van der Waals surface area (Å²) in [5.41, 5.74) is 2.98. The maximum absolute atomic E-state index is 14.4. The Kier molecular flexibility index (Phi) is 4.78. The van der Waals surface area contributed by atoms with E-state index in [1.54, 1.807) is 6.07 Å². The normalized spacial score (nSPS) is 16.0. The highest BCUT2D eigenvalue weighted by atomic mass is 35.5. The number of nitrogens with zero attached hydrogens (tertiary/aromatic N) is 2. The van der Waals surface area contributed by atoms with Crippen LogP contribution in [0.5, 0.6) is 0 Å². The number of hydrogen-bond donors (Lipinski definition) is 0. The summed E-state index contributed by atoms with van der Waals surface area (Å²) in [4.78, 5) is 6.89. The second-order valence-electron chi connectivity index (χ2n) is 6.40. The van der Waals surface area contributed by atoms with E-state index in [0.717, 1.165) is 17.8 Å². The van der Waals surface area contributed by atoms with Crippen LogP contribution >= 0.6 is 12.4 Å². The van der Waals surface area contributed by atoms with Gasteiger partial charge in [0, 0.05) is 26.1 Å². The van der Waals surface area contributed by atoms with Gasteiger partial charge in [0.25, 0.3) is 0 Å². The third-order valence-electron chi connectivity index (χ3n) is 4.70. The summed E-state index contributed by atoms with van der Waals surface area (Å²) < 4.78 is 14.4. The fourth-order valence-corrected chi connectivity index (χ4v) is 3.44. The van der Waals surface area contributed by atoms with E-state index in [1.165, 1.54) is 22.4 Å². The van der Waals surface area contributed by atoms with Crippen molar-refractivity contribution in [3.8, 4) is 0 Å². The van der Waals surface area contributed by atoms with Gasteiger partial charge in [0.2, 0.25) is 0 Å². The van der Waals surface area contributed by atoms with E-state index in [1.807, 2.05) is 37.2 Å². The molecule has 4 rings (SSSR count). The minimum atomic E-state index is -0.294. The number of amidine groups is 1. The Bertz CT molecular complexity index is 950. The molecule has 1 aliphatic rings. The first-order chi connectivity index (χ1) is 11.6. The van der Waals surface area contributed by atoms with E-state index in [-0.39, 0.29) is 24.3 Å². The summed E-state index contributed by atoms with van der Waals surface area (Å²) in [5.74, 6) is 0.775. The SMILES string of the molecule is CN(C)C1=NC(c2ccccc2F)c2ccc3ccccc3c2C1.Cl. The Labute approximate surface area is 153 Å². The maximum Gasteiger partial charge on any atom is 0.128 e. The minimum absolute atomic E-state index is 0. The molecule has 3 aromatic rings. The van der Waals surface area contributed by atoms with Crippen molar-refractivity contribution < 1.29 is 4.39 Å².